The zero-order valence-corrected chi connectivity index (χ0v) is 18.7. The molecule has 1 saturated heterocycles. The Labute approximate surface area is 179 Å². The minimum atomic E-state index is -0.0869. The highest BCUT2D eigenvalue weighted by molar-refractivity contribution is 6.01. The minimum Gasteiger partial charge on any atom is -0.357 e. The van der Waals surface area contributed by atoms with Crippen LogP contribution in [0.3, 0.4) is 0 Å². The first-order valence-corrected chi connectivity index (χ1v) is 11.1. The highest BCUT2D eigenvalue weighted by Crippen LogP contribution is 2.44. The summed E-state index contributed by atoms with van der Waals surface area (Å²) in [6.45, 7) is 10.1. The predicted octanol–water partition coefficient (Wildman–Crippen LogP) is 3.11. The van der Waals surface area contributed by atoms with E-state index in [-0.39, 0.29) is 23.1 Å². The first-order valence-electron chi connectivity index (χ1n) is 11.1. The third kappa shape index (κ3) is 3.97. The van der Waals surface area contributed by atoms with Crippen LogP contribution in [0.4, 0.5) is 11.4 Å². The number of piperazine rings is 1. The number of para-hydroxylation sites is 2. The van der Waals surface area contributed by atoms with E-state index in [2.05, 4.69) is 55.1 Å². The van der Waals surface area contributed by atoms with Crippen molar-refractivity contribution >= 4 is 23.1 Å². The Bertz CT molecular complexity index is 868. The molecular formula is C24H34N4O2. The van der Waals surface area contributed by atoms with Gasteiger partial charge >= 0.3 is 0 Å². The van der Waals surface area contributed by atoms with Crippen LogP contribution in [-0.2, 0) is 9.59 Å². The van der Waals surface area contributed by atoms with E-state index < -0.39 is 0 Å². The second-order valence-corrected chi connectivity index (χ2v) is 9.71. The normalized spacial score (nSPS) is 24.1. The fourth-order valence-electron chi connectivity index (χ4n) is 5.07. The van der Waals surface area contributed by atoms with Crippen LogP contribution in [0.1, 0.15) is 40.0 Å². The molecule has 1 fully saturated rings. The number of fused-ring (bicyclic) bond motifs is 1. The van der Waals surface area contributed by atoms with Crippen LogP contribution < -0.4 is 10.2 Å². The fraction of sp³-hybridized carbons (Fsp3) is 0.583. The van der Waals surface area contributed by atoms with Crippen molar-refractivity contribution in [3.63, 3.8) is 0 Å². The average molecular weight is 411 g/mol. The van der Waals surface area contributed by atoms with Crippen LogP contribution in [-0.4, -0.2) is 67.3 Å². The molecule has 1 N–H and O–H groups in total. The molecule has 1 aromatic rings. The van der Waals surface area contributed by atoms with E-state index >= 15 is 0 Å². The van der Waals surface area contributed by atoms with Gasteiger partial charge in [-0.1, -0.05) is 32.9 Å². The average Bonchev–Trinajstić information content (AvgIpc) is 2.82. The predicted molar refractivity (Wildman–Crippen MR) is 121 cm³/mol. The number of ketones is 1. The van der Waals surface area contributed by atoms with Gasteiger partial charge in [0.2, 0.25) is 5.91 Å². The van der Waals surface area contributed by atoms with Gasteiger partial charge in [0.25, 0.3) is 0 Å². The summed E-state index contributed by atoms with van der Waals surface area (Å²) in [5.41, 5.74) is 3.84. The van der Waals surface area contributed by atoms with Crippen molar-refractivity contribution < 1.29 is 9.59 Å². The van der Waals surface area contributed by atoms with E-state index in [4.69, 9.17) is 0 Å². The quantitative estimate of drug-likeness (QED) is 0.830. The molecule has 1 aromatic carbocycles. The molecule has 2 aliphatic heterocycles. The van der Waals surface area contributed by atoms with E-state index in [0.29, 0.717) is 13.0 Å². The lowest BCUT2D eigenvalue weighted by molar-refractivity contribution is -0.131. The van der Waals surface area contributed by atoms with Crippen molar-refractivity contribution in [1.82, 2.24) is 9.80 Å². The van der Waals surface area contributed by atoms with Crippen LogP contribution >= 0.6 is 0 Å². The Morgan fingerprint density at radius 3 is 2.53 bits per heavy atom. The molecule has 3 aliphatic rings. The molecular weight excluding hydrogens is 376 g/mol. The van der Waals surface area contributed by atoms with Crippen molar-refractivity contribution in [2.24, 2.45) is 5.41 Å². The molecule has 162 valence electrons. The van der Waals surface area contributed by atoms with Gasteiger partial charge in [-0.15, -0.1) is 0 Å². The van der Waals surface area contributed by atoms with Crippen molar-refractivity contribution in [2.75, 3.05) is 50.0 Å². The van der Waals surface area contributed by atoms with Crippen LogP contribution in [0.2, 0.25) is 0 Å². The Morgan fingerprint density at radius 2 is 1.83 bits per heavy atom. The first-order chi connectivity index (χ1) is 14.3. The molecule has 2 heterocycles. The first kappa shape index (κ1) is 20.9. The summed E-state index contributed by atoms with van der Waals surface area (Å²) in [4.78, 5) is 32.9. The minimum absolute atomic E-state index is 0.0546. The number of rotatable bonds is 3. The summed E-state index contributed by atoms with van der Waals surface area (Å²) >= 11 is 0. The molecule has 30 heavy (non-hydrogen) atoms. The number of anilines is 2. The highest BCUT2D eigenvalue weighted by Gasteiger charge is 2.40. The number of nitrogens with one attached hydrogen (secondary N) is 1. The standard InChI is InChI=1S/C24H34N4O2/c1-5-19-23-18(14-24(2,3)15-21(23)29)25-17-8-6-7-9-20(17)28(19)16-22(30)27-12-10-26(4)11-13-27/h6-9,19,25H,5,10-16H2,1-4H3/t19-/m0/s1. The molecule has 6 nitrogen and oxygen atoms in total. The van der Waals surface area contributed by atoms with Gasteiger partial charge in [0.1, 0.15) is 0 Å². The van der Waals surface area contributed by atoms with Gasteiger partial charge < -0.3 is 20.0 Å². The smallest absolute Gasteiger partial charge is 0.242 e. The fourth-order valence-corrected chi connectivity index (χ4v) is 5.07. The number of hydrogen-bond donors (Lipinski definition) is 1. The van der Waals surface area contributed by atoms with Crippen LogP contribution in [0.5, 0.6) is 0 Å². The number of Topliss-reactive ketones (excluding diaryl/α,β-unsaturated/α-hetero) is 1. The van der Waals surface area contributed by atoms with Gasteiger partial charge in [0.15, 0.2) is 5.78 Å². The summed E-state index contributed by atoms with van der Waals surface area (Å²) in [6, 6.07) is 8.05. The molecule has 1 aliphatic carbocycles. The Balaban J connectivity index is 1.70. The Hall–Kier alpha value is -2.34. The molecule has 0 radical (unpaired) electrons. The molecule has 1 amide bonds. The summed E-state index contributed by atoms with van der Waals surface area (Å²) in [5.74, 6) is 0.356. The molecule has 0 bridgehead atoms. The monoisotopic (exact) mass is 410 g/mol. The molecule has 4 rings (SSSR count). The largest absolute Gasteiger partial charge is 0.357 e. The lowest BCUT2D eigenvalue weighted by atomic mass is 9.74. The third-order valence-electron chi connectivity index (χ3n) is 6.68. The van der Waals surface area contributed by atoms with Gasteiger partial charge in [-0.25, -0.2) is 0 Å². The summed E-state index contributed by atoms with van der Waals surface area (Å²) < 4.78 is 0. The number of allylic oxidation sites excluding steroid dienone is 1. The van der Waals surface area contributed by atoms with E-state index in [1.807, 2.05) is 17.0 Å². The molecule has 0 aromatic heterocycles. The number of amides is 1. The Morgan fingerprint density at radius 1 is 1.13 bits per heavy atom. The highest BCUT2D eigenvalue weighted by atomic mass is 16.2. The Kier molecular flexibility index (Phi) is 5.62. The lowest BCUT2D eigenvalue weighted by Crippen LogP contribution is -2.52. The van der Waals surface area contributed by atoms with E-state index in [0.717, 1.165) is 61.7 Å². The number of hydrogen-bond acceptors (Lipinski definition) is 5. The number of nitrogens with zero attached hydrogens (tertiary/aromatic N) is 3. The second-order valence-electron chi connectivity index (χ2n) is 9.71. The number of likely N-dealkylation sites (N-methyl/N-ethyl adjacent to an activating group) is 1. The van der Waals surface area contributed by atoms with E-state index in [1.165, 1.54) is 0 Å². The number of carbonyl (C=O) groups is 2. The van der Waals surface area contributed by atoms with Crippen LogP contribution in [0.15, 0.2) is 35.5 Å². The van der Waals surface area contributed by atoms with Gasteiger partial charge in [-0.05, 0) is 37.4 Å². The molecule has 0 saturated carbocycles. The number of benzene rings is 1. The molecule has 0 unspecified atom stereocenters. The zero-order valence-electron chi connectivity index (χ0n) is 18.7. The summed E-state index contributed by atoms with van der Waals surface area (Å²) in [6.07, 6.45) is 2.19. The van der Waals surface area contributed by atoms with Gasteiger partial charge in [-0.3, -0.25) is 9.59 Å². The maximum atomic E-state index is 13.3. The summed E-state index contributed by atoms with van der Waals surface area (Å²) in [5, 5.41) is 3.59. The summed E-state index contributed by atoms with van der Waals surface area (Å²) in [7, 11) is 2.09. The topological polar surface area (TPSA) is 55.9 Å². The van der Waals surface area contributed by atoms with Crippen LogP contribution in [0.25, 0.3) is 0 Å². The second kappa shape index (κ2) is 8.06. The maximum absolute atomic E-state index is 13.3. The van der Waals surface area contributed by atoms with E-state index in [1.54, 1.807) is 0 Å². The third-order valence-corrected chi connectivity index (χ3v) is 6.68. The van der Waals surface area contributed by atoms with Gasteiger partial charge in [-0.2, -0.15) is 0 Å². The molecule has 6 heteroatoms. The SMILES string of the molecule is CC[C@H]1C2=C(CC(C)(C)CC2=O)Nc2ccccc2N1CC(=O)N1CCN(C)CC1. The maximum Gasteiger partial charge on any atom is 0.242 e. The van der Waals surface area contributed by atoms with Crippen molar-refractivity contribution in [1.29, 1.82) is 0 Å². The number of carbonyl (C=O) groups excluding carboxylic acids is 2. The van der Waals surface area contributed by atoms with Crippen molar-refractivity contribution in [3.05, 3.63) is 35.5 Å². The molecule has 1 atom stereocenters. The lowest BCUT2D eigenvalue weighted by Gasteiger charge is -2.39. The van der Waals surface area contributed by atoms with Gasteiger partial charge in [0, 0.05) is 43.9 Å². The van der Waals surface area contributed by atoms with Crippen molar-refractivity contribution in [2.45, 2.75) is 46.1 Å². The van der Waals surface area contributed by atoms with E-state index in [9.17, 15) is 9.59 Å². The zero-order chi connectivity index (χ0) is 21.5. The van der Waals surface area contributed by atoms with Crippen LogP contribution in [0, 0.1) is 5.41 Å². The molecule has 0 spiro atoms. The van der Waals surface area contributed by atoms with Crippen molar-refractivity contribution in [3.8, 4) is 0 Å². The van der Waals surface area contributed by atoms with Gasteiger partial charge in [0.05, 0.1) is 24.0 Å².